The zero-order valence-corrected chi connectivity index (χ0v) is 8.93. The molecule has 2 atom stereocenters. The number of fused-ring (bicyclic) bond motifs is 2. The molecule has 3 heteroatoms. The maximum Gasteiger partial charge on any atom is 0.0652 e. The Morgan fingerprint density at radius 2 is 2.31 bits per heavy atom. The molecule has 2 fully saturated rings. The Hall–Kier alpha value is -0.240. The first-order valence-electron chi connectivity index (χ1n) is 4.86. The van der Waals surface area contributed by atoms with Gasteiger partial charge < -0.3 is 5.21 Å². The van der Waals surface area contributed by atoms with Crippen molar-refractivity contribution in [2.45, 2.75) is 33.1 Å². The molecule has 2 aliphatic carbocycles. The standard InChI is InChI=1S/C10H16ClNO/c1-9(2)7-3-4-10(9,6-11)8(5-7)12-13/h7,13H,3-6H2,1-2H3/b12-8+. The van der Waals surface area contributed by atoms with E-state index in [2.05, 4.69) is 19.0 Å². The van der Waals surface area contributed by atoms with Gasteiger partial charge in [-0.2, -0.15) is 0 Å². The lowest BCUT2D eigenvalue weighted by molar-refractivity contribution is 0.193. The predicted octanol–water partition coefficient (Wildman–Crippen LogP) is 2.88. The highest BCUT2D eigenvalue weighted by Gasteiger charge is 2.62. The highest BCUT2D eigenvalue weighted by Crippen LogP contribution is 2.64. The highest BCUT2D eigenvalue weighted by molar-refractivity contribution is 6.20. The first-order chi connectivity index (χ1) is 6.08. The number of hydrogen-bond donors (Lipinski definition) is 1. The molecular weight excluding hydrogens is 186 g/mol. The van der Waals surface area contributed by atoms with E-state index in [1.165, 1.54) is 6.42 Å². The van der Waals surface area contributed by atoms with Gasteiger partial charge in [0, 0.05) is 11.3 Å². The molecule has 0 amide bonds. The van der Waals surface area contributed by atoms with Crippen molar-refractivity contribution in [3.63, 3.8) is 0 Å². The van der Waals surface area contributed by atoms with Crippen LogP contribution in [0, 0.1) is 16.7 Å². The third kappa shape index (κ3) is 0.876. The van der Waals surface area contributed by atoms with Gasteiger partial charge in [-0.15, -0.1) is 11.6 Å². The van der Waals surface area contributed by atoms with Crippen molar-refractivity contribution < 1.29 is 5.21 Å². The molecule has 2 unspecified atom stereocenters. The quantitative estimate of drug-likeness (QED) is 0.395. The summed E-state index contributed by atoms with van der Waals surface area (Å²) >= 11 is 6.06. The van der Waals surface area contributed by atoms with Gasteiger partial charge in [0.15, 0.2) is 0 Å². The normalized spacial score (nSPS) is 44.5. The van der Waals surface area contributed by atoms with Crippen molar-refractivity contribution >= 4 is 17.3 Å². The number of hydrogen-bond acceptors (Lipinski definition) is 2. The van der Waals surface area contributed by atoms with E-state index < -0.39 is 0 Å². The van der Waals surface area contributed by atoms with Crippen LogP contribution in [0.1, 0.15) is 33.1 Å². The molecule has 0 aromatic heterocycles. The summed E-state index contributed by atoms with van der Waals surface area (Å²) in [6.45, 7) is 4.51. The van der Waals surface area contributed by atoms with Gasteiger partial charge in [-0.25, -0.2) is 0 Å². The van der Waals surface area contributed by atoms with Crippen molar-refractivity contribution in [2.75, 3.05) is 5.88 Å². The summed E-state index contributed by atoms with van der Waals surface area (Å²) in [7, 11) is 0. The summed E-state index contributed by atoms with van der Waals surface area (Å²) in [5.41, 5.74) is 1.13. The average Bonchev–Trinajstić information content (AvgIpc) is 2.50. The van der Waals surface area contributed by atoms with Crippen LogP contribution in [0.4, 0.5) is 0 Å². The molecule has 0 aliphatic heterocycles. The first kappa shape index (κ1) is 9.32. The summed E-state index contributed by atoms with van der Waals surface area (Å²) in [5.74, 6) is 1.26. The van der Waals surface area contributed by atoms with Crippen LogP contribution >= 0.6 is 11.6 Å². The SMILES string of the molecule is CC1(C)C2CCC1(CCl)/C(=N/O)C2. The van der Waals surface area contributed by atoms with Gasteiger partial charge in [0.05, 0.1) is 5.71 Å². The Kier molecular flexibility index (Phi) is 1.88. The van der Waals surface area contributed by atoms with Crippen molar-refractivity contribution in [1.29, 1.82) is 0 Å². The van der Waals surface area contributed by atoms with E-state index in [1.54, 1.807) is 0 Å². The molecule has 0 saturated heterocycles. The molecule has 2 rings (SSSR count). The highest BCUT2D eigenvalue weighted by atomic mass is 35.5. The maximum atomic E-state index is 8.95. The molecule has 2 bridgehead atoms. The molecule has 2 saturated carbocycles. The first-order valence-corrected chi connectivity index (χ1v) is 5.39. The molecule has 0 radical (unpaired) electrons. The van der Waals surface area contributed by atoms with Crippen LogP contribution in [0.15, 0.2) is 5.16 Å². The third-order valence-corrected chi connectivity index (χ3v) is 4.97. The van der Waals surface area contributed by atoms with Gasteiger partial charge in [0.1, 0.15) is 0 Å². The molecule has 0 aromatic rings. The minimum Gasteiger partial charge on any atom is -0.411 e. The van der Waals surface area contributed by atoms with Crippen LogP contribution in [0.5, 0.6) is 0 Å². The molecule has 0 heterocycles. The maximum absolute atomic E-state index is 8.95. The number of alkyl halides is 1. The van der Waals surface area contributed by atoms with Crippen molar-refractivity contribution in [2.24, 2.45) is 21.9 Å². The summed E-state index contributed by atoms with van der Waals surface area (Å²) in [4.78, 5) is 0. The number of oxime groups is 1. The fourth-order valence-electron chi connectivity index (χ4n) is 3.25. The summed E-state index contributed by atoms with van der Waals surface area (Å²) in [6, 6.07) is 0. The van der Waals surface area contributed by atoms with Gasteiger partial charge in [-0.05, 0) is 30.6 Å². The summed E-state index contributed by atoms with van der Waals surface area (Å²) in [6.07, 6.45) is 3.27. The van der Waals surface area contributed by atoms with Gasteiger partial charge in [0.2, 0.25) is 0 Å². The summed E-state index contributed by atoms with van der Waals surface area (Å²) in [5, 5.41) is 12.4. The van der Waals surface area contributed by atoms with Gasteiger partial charge in [0.25, 0.3) is 0 Å². The van der Waals surface area contributed by atoms with Gasteiger partial charge >= 0.3 is 0 Å². The second-order valence-electron chi connectivity index (χ2n) is 4.92. The Labute approximate surface area is 84.0 Å². The minimum absolute atomic E-state index is 0.0199. The monoisotopic (exact) mass is 201 g/mol. The van der Waals surface area contributed by atoms with E-state index in [9.17, 15) is 0 Å². The third-order valence-electron chi connectivity index (χ3n) is 4.51. The van der Waals surface area contributed by atoms with E-state index in [-0.39, 0.29) is 10.8 Å². The van der Waals surface area contributed by atoms with Crippen LogP contribution in [-0.2, 0) is 0 Å². The molecular formula is C10H16ClNO. The molecule has 13 heavy (non-hydrogen) atoms. The largest absolute Gasteiger partial charge is 0.411 e. The Morgan fingerprint density at radius 1 is 1.62 bits per heavy atom. The van der Waals surface area contributed by atoms with Gasteiger partial charge in [-0.1, -0.05) is 19.0 Å². The van der Waals surface area contributed by atoms with Gasteiger partial charge in [-0.3, -0.25) is 0 Å². The van der Waals surface area contributed by atoms with E-state index >= 15 is 0 Å². The van der Waals surface area contributed by atoms with E-state index in [0.29, 0.717) is 11.8 Å². The Morgan fingerprint density at radius 3 is 2.69 bits per heavy atom. The van der Waals surface area contributed by atoms with Crippen LogP contribution in [0.25, 0.3) is 0 Å². The summed E-state index contributed by atoms with van der Waals surface area (Å²) < 4.78 is 0. The fraction of sp³-hybridized carbons (Fsp3) is 0.900. The zero-order valence-electron chi connectivity index (χ0n) is 8.18. The van der Waals surface area contributed by atoms with E-state index in [0.717, 1.165) is 18.6 Å². The zero-order chi connectivity index (χ0) is 9.69. The lowest BCUT2D eigenvalue weighted by Gasteiger charge is -2.35. The number of halogens is 1. The lowest BCUT2D eigenvalue weighted by Crippen LogP contribution is -2.37. The average molecular weight is 202 g/mol. The molecule has 1 N–H and O–H groups in total. The predicted molar refractivity (Wildman–Crippen MR) is 53.5 cm³/mol. The van der Waals surface area contributed by atoms with Crippen LogP contribution in [-0.4, -0.2) is 16.8 Å². The van der Waals surface area contributed by atoms with Crippen molar-refractivity contribution in [1.82, 2.24) is 0 Å². The molecule has 2 nitrogen and oxygen atoms in total. The minimum atomic E-state index is -0.0199. The molecule has 0 spiro atoms. The lowest BCUT2D eigenvalue weighted by atomic mass is 9.70. The van der Waals surface area contributed by atoms with Crippen LogP contribution < -0.4 is 0 Å². The fourth-order valence-corrected chi connectivity index (χ4v) is 3.88. The smallest absolute Gasteiger partial charge is 0.0652 e. The second-order valence-corrected chi connectivity index (χ2v) is 5.19. The van der Waals surface area contributed by atoms with Crippen LogP contribution in [0.2, 0.25) is 0 Å². The molecule has 74 valence electrons. The van der Waals surface area contributed by atoms with Crippen molar-refractivity contribution in [3.8, 4) is 0 Å². The van der Waals surface area contributed by atoms with Crippen LogP contribution in [0.3, 0.4) is 0 Å². The second kappa shape index (κ2) is 2.63. The Bertz CT molecular complexity index is 262. The number of rotatable bonds is 1. The van der Waals surface area contributed by atoms with E-state index in [1.807, 2.05) is 0 Å². The van der Waals surface area contributed by atoms with Crippen molar-refractivity contribution in [3.05, 3.63) is 0 Å². The molecule has 0 aromatic carbocycles. The molecule has 2 aliphatic rings. The Balaban J connectivity index is 2.47. The van der Waals surface area contributed by atoms with E-state index in [4.69, 9.17) is 16.8 Å². The number of nitrogens with zero attached hydrogens (tertiary/aromatic N) is 1. The topological polar surface area (TPSA) is 32.6 Å².